The van der Waals surface area contributed by atoms with Crippen molar-refractivity contribution in [2.24, 2.45) is 22.1 Å². The minimum atomic E-state index is -0.304. The molecule has 4 heteroatoms. The van der Waals surface area contributed by atoms with Crippen molar-refractivity contribution in [3.05, 3.63) is 0 Å². The van der Waals surface area contributed by atoms with Gasteiger partial charge in [0.15, 0.2) is 0 Å². The Balaban J connectivity index is 2.36. The number of rotatable bonds is 1. The maximum Gasteiger partial charge on any atom is 0.346 e. The quantitative estimate of drug-likeness (QED) is 0.761. The fraction of sp³-hybridized carbons (Fsp3) is 0.846. The molecular weight excluding hydrogens is 214 g/mol. The lowest BCUT2D eigenvalue weighted by Crippen LogP contribution is -2.61. The van der Waals surface area contributed by atoms with Gasteiger partial charge in [0.2, 0.25) is 0 Å². The first-order valence-electron chi connectivity index (χ1n) is 6.50. The van der Waals surface area contributed by atoms with Crippen LogP contribution in [0.25, 0.3) is 0 Å². The second-order valence-corrected chi connectivity index (χ2v) is 6.22. The fourth-order valence-corrected chi connectivity index (χ4v) is 3.64. The monoisotopic (exact) mass is 237 g/mol. The molecule has 2 amide bonds. The molecule has 0 aromatic rings. The Bertz CT molecular complexity index is 375. The van der Waals surface area contributed by atoms with Crippen molar-refractivity contribution in [1.82, 2.24) is 4.90 Å². The third-order valence-electron chi connectivity index (χ3n) is 4.55. The van der Waals surface area contributed by atoms with Crippen LogP contribution in [0.2, 0.25) is 0 Å². The highest BCUT2D eigenvalue weighted by atomic mass is 16.2. The maximum absolute atomic E-state index is 11.9. The summed E-state index contributed by atoms with van der Waals surface area (Å²) in [6.45, 7) is 9.46. The van der Waals surface area contributed by atoms with Gasteiger partial charge in [-0.15, -0.1) is 0 Å². The van der Waals surface area contributed by atoms with E-state index >= 15 is 0 Å². The van der Waals surface area contributed by atoms with Crippen LogP contribution in [0, 0.1) is 11.3 Å². The molecular formula is C13H23N3O. The van der Waals surface area contributed by atoms with E-state index in [9.17, 15) is 4.79 Å². The van der Waals surface area contributed by atoms with Crippen LogP contribution in [0.1, 0.15) is 47.0 Å². The number of hydrogen-bond donors (Lipinski definition) is 1. The normalized spacial score (nSPS) is 36.5. The first kappa shape index (κ1) is 12.4. The molecule has 4 nitrogen and oxygen atoms in total. The molecule has 2 unspecified atom stereocenters. The van der Waals surface area contributed by atoms with E-state index in [0.717, 1.165) is 19.3 Å². The molecule has 2 aliphatic rings. The van der Waals surface area contributed by atoms with Crippen molar-refractivity contribution in [2.75, 3.05) is 6.54 Å². The van der Waals surface area contributed by atoms with Gasteiger partial charge in [0.25, 0.3) is 0 Å². The minimum Gasteiger partial charge on any atom is -0.385 e. The highest BCUT2D eigenvalue weighted by Crippen LogP contribution is 2.48. The van der Waals surface area contributed by atoms with Gasteiger partial charge in [-0.05, 0) is 37.5 Å². The molecule has 2 N–H and O–H groups in total. The standard InChI is InChI=1S/C13H23N3O/c1-5-16-11(17)15-10(14)13(16)7-6-12(3,4)8-9(13)2/h9H,5-8H2,1-4H3,(H2,14,15,17). The van der Waals surface area contributed by atoms with Crippen molar-refractivity contribution < 1.29 is 4.79 Å². The van der Waals surface area contributed by atoms with Gasteiger partial charge in [-0.25, -0.2) is 4.79 Å². The molecule has 1 spiro atoms. The molecule has 96 valence electrons. The van der Waals surface area contributed by atoms with E-state index in [1.807, 2.05) is 11.8 Å². The lowest BCUT2D eigenvalue weighted by Gasteiger charge is -2.50. The molecule has 1 fully saturated rings. The SMILES string of the molecule is CCN1C(=O)N=C(N)C12CCC(C)(C)CC2C. The van der Waals surface area contributed by atoms with Crippen LogP contribution in [0.3, 0.4) is 0 Å². The first-order valence-corrected chi connectivity index (χ1v) is 6.50. The Morgan fingerprint density at radius 2 is 2.12 bits per heavy atom. The lowest BCUT2D eigenvalue weighted by molar-refractivity contribution is 0.0538. The summed E-state index contributed by atoms with van der Waals surface area (Å²) in [7, 11) is 0. The lowest BCUT2D eigenvalue weighted by atomic mass is 9.63. The van der Waals surface area contributed by atoms with E-state index in [4.69, 9.17) is 5.73 Å². The highest BCUT2D eigenvalue weighted by Gasteiger charge is 2.54. The van der Waals surface area contributed by atoms with Gasteiger partial charge < -0.3 is 10.6 Å². The molecule has 0 bridgehead atoms. The van der Waals surface area contributed by atoms with E-state index in [-0.39, 0.29) is 11.6 Å². The summed E-state index contributed by atoms with van der Waals surface area (Å²) in [5.41, 5.74) is 6.11. The number of aliphatic imine (C=N–C) groups is 1. The van der Waals surface area contributed by atoms with Crippen LogP contribution in [-0.2, 0) is 0 Å². The molecule has 17 heavy (non-hydrogen) atoms. The zero-order chi connectivity index (χ0) is 12.8. The number of carbonyl (C=O) groups is 1. The summed E-state index contributed by atoms with van der Waals surface area (Å²) < 4.78 is 0. The largest absolute Gasteiger partial charge is 0.385 e. The Morgan fingerprint density at radius 3 is 2.65 bits per heavy atom. The topological polar surface area (TPSA) is 58.7 Å². The van der Waals surface area contributed by atoms with Crippen molar-refractivity contribution in [3.63, 3.8) is 0 Å². The third kappa shape index (κ3) is 1.65. The summed E-state index contributed by atoms with van der Waals surface area (Å²) in [6, 6.07) is -0.156. The zero-order valence-corrected chi connectivity index (χ0v) is 11.3. The molecule has 1 aliphatic heterocycles. The average Bonchev–Trinajstić information content (AvgIpc) is 2.44. The molecule has 1 saturated carbocycles. The molecule has 1 heterocycles. The van der Waals surface area contributed by atoms with Crippen LogP contribution in [0.4, 0.5) is 4.79 Å². The Labute approximate surface area is 103 Å². The summed E-state index contributed by atoms with van der Waals surface area (Å²) in [5, 5.41) is 0. The number of nitrogens with two attached hydrogens (primary N) is 1. The second-order valence-electron chi connectivity index (χ2n) is 6.22. The number of nitrogens with zero attached hydrogens (tertiary/aromatic N) is 2. The first-order chi connectivity index (χ1) is 7.83. The summed E-state index contributed by atoms with van der Waals surface area (Å²) in [5.74, 6) is 0.911. The smallest absolute Gasteiger partial charge is 0.346 e. The van der Waals surface area contributed by atoms with Gasteiger partial charge in [-0.3, -0.25) is 0 Å². The summed E-state index contributed by atoms with van der Waals surface area (Å²) in [4.78, 5) is 17.7. The molecule has 0 saturated heterocycles. The molecule has 1 aliphatic carbocycles. The Morgan fingerprint density at radius 1 is 1.47 bits per heavy atom. The van der Waals surface area contributed by atoms with E-state index in [1.165, 1.54) is 0 Å². The minimum absolute atomic E-state index is 0.156. The van der Waals surface area contributed by atoms with Crippen LogP contribution in [-0.4, -0.2) is 28.9 Å². The van der Waals surface area contributed by atoms with E-state index < -0.39 is 0 Å². The summed E-state index contributed by atoms with van der Waals surface area (Å²) in [6.07, 6.45) is 3.13. The van der Waals surface area contributed by atoms with Gasteiger partial charge in [-0.2, -0.15) is 4.99 Å². The Kier molecular flexibility index (Phi) is 2.71. The molecule has 2 atom stereocenters. The predicted octanol–water partition coefficient (Wildman–Crippen LogP) is 2.38. The van der Waals surface area contributed by atoms with Crippen LogP contribution in [0.5, 0.6) is 0 Å². The van der Waals surface area contributed by atoms with Crippen LogP contribution < -0.4 is 5.73 Å². The Hall–Kier alpha value is -1.06. The van der Waals surface area contributed by atoms with Crippen molar-refractivity contribution >= 4 is 11.9 Å². The second kappa shape index (κ2) is 3.72. The number of carbonyl (C=O) groups excluding carboxylic acids is 1. The van der Waals surface area contributed by atoms with E-state index in [0.29, 0.717) is 23.7 Å². The van der Waals surface area contributed by atoms with Gasteiger partial charge >= 0.3 is 6.03 Å². The highest BCUT2D eigenvalue weighted by molar-refractivity contribution is 6.06. The predicted molar refractivity (Wildman–Crippen MR) is 68.9 cm³/mol. The van der Waals surface area contributed by atoms with Crippen molar-refractivity contribution in [1.29, 1.82) is 0 Å². The molecule has 2 rings (SSSR count). The van der Waals surface area contributed by atoms with Gasteiger partial charge in [0, 0.05) is 6.54 Å². The van der Waals surface area contributed by atoms with Crippen LogP contribution >= 0.6 is 0 Å². The van der Waals surface area contributed by atoms with Gasteiger partial charge in [0.1, 0.15) is 11.4 Å². The van der Waals surface area contributed by atoms with Gasteiger partial charge in [-0.1, -0.05) is 20.8 Å². The third-order valence-corrected chi connectivity index (χ3v) is 4.55. The molecule has 0 radical (unpaired) electrons. The number of urea groups is 1. The van der Waals surface area contributed by atoms with Crippen molar-refractivity contribution in [2.45, 2.75) is 52.5 Å². The number of amides is 2. The molecule has 0 aromatic heterocycles. The molecule has 0 aromatic carbocycles. The average molecular weight is 237 g/mol. The maximum atomic E-state index is 11.9. The van der Waals surface area contributed by atoms with Crippen molar-refractivity contribution in [3.8, 4) is 0 Å². The number of likely N-dealkylation sites (N-methyl/N-ethyl adjacent to an activating group) is 1. The van der Waals surface area contributed by atoms with E-state index in [2.05, 4.69) is 25.8 Å². The number of amidine groups is 1. The van der Waals surface area contributed by atoms with Crippen LogP contribution in [0.15, 0.2) is 4.99 Å². The van der Waals surface area contributed by atoms with Gasteiger partial charge in [0.05, 0.1) is 0 Å². The fourth-order valence-electron chi connectivity index (χ4n) is 3.64. The van der Waals surface area contributed by atoms with E-state index in [1.54, 1.807) is 0 Å². The zero-order valence-electron chi connectivity index (χ0n) is 11.3. The number of hydrogen-bond acceptors (Lipinski definition) is 2. The summed E-state index contributed by atoms with van der Waals surface area (Å²) >= 11 is 0.